The van der Waals surface area contributed by atoms with Gasteiger partial charge in [-0.2, -0.15) is 0 Å². The lowest BCUT2D eigenvalue weighted by Gasteiger charge is -2.39. The van der Waals surface area contributed by atoms with Gasteiger partial charge in [0, 0.05) is 6.54 Å². The summed E-state index contributed by atoms with van der Waals surface area (Å²) in [5.41, 5.74) is -0.577. The number of ether oxygens (including phenoxy) is 2. The van der Waals surface area contributed by atoms with E-state index in [2.05, 4.69) is 33.9 Å². The minimum absolute atomic E-state index is 0.0865. The fourth-order valence-electron chi connectivity index (χ4n) is 1.88. The second-order valence-electron chi connectivity index (χ2n) is 8.37. The van der Waals surface area contributed by atoms with Gasteiger partial charge in [-0.1, -0.05) is 20.8 Å². The number of carbonyl (C=O) groups is 1. The topological polar surface area (TPSA) is 48.0 Å². The van der Waals surface area contributed by atoms with Crippen molar-refractivity contribution in [2.75, 3.05) is 13.1 Å². The molecule has 0 amide bonds. The van der Waals surface area contributed by atoms with Gasteiger partial charge in [0.15, 0.2) is 8.32 Å². The van der Waals surface area contributed by atoms with Crippen molar-refractivity contribution in [3.05, 3.63) is 0 Å². The highest BCUT2D eigenvalue weighted by molar-refractivity contribution is 6.74. The zero-order chi connectivity index (χ0) is 17.3. The van der Waals surface area contributed by atoms with Crippen molar-refractivity contribution >= 4 is 26.2 Å². The van der Waals surface area contributed by atoms with Gasteiger partial charge < -0.3 is 13.9 Å². The summed E-state index contributed by atoms with van der Waals surface area (Å²) < 4.78 is 18.6. The number of hydrogen-bond donors (Lipinski definition) is 0. The van der Waals surface area contributed by atoms with Gasteiger partial charge in [-0.05, 0) is 50.7 Å². The van der Waals surface area contributed by atoms with Crippen LogP contribution >= 0.6 is 11.8 Å². The van der Waals surface area contributed by atoms with Crippen LogP contribution in [0.25, 0.3) is 0 Å². The van der Waals surface area contributed by atoms with Gasteiger partial charge in [0.25, 0.3) is 0 Å². The summed E-state index contributed by atoms with van der Waals surface area (Å²) in [4.78, 5) is 11.9. The quantitative estimate of drug-likeness (QED) is 0.434. The molecule has 1 rings (SSSR count). The Kier molecular flexibility index (Phi) is 5.99. The van der Waals surface area contributed by atoms with Crippen molar-refractivity contribution in [3.8, 4) is 0 Å². The molecule has 0 bridgehead atoms. The van der Waals surface area contributed by atoms with E-state index in [4.69, 9.17) is 25.7 Å². The first-order valence-corrected chi connectivity index (χ1v) is 10.9. The fourth-order valence-corrected chi connectivity index (χ4v) is 3.49. The van der Waals surface area contributed by atoms with E-state index < -0.39 is 26.2 Å². The fraction of sp³-hybridized carbons (Fsp3) is 0.933. The Bertz CT molecular complexity index is 403. The van der Waals surface area contributed by atoms with E-state index in [0.717, 1.165) is 0 Å². The summed E-state index contributed by atoms with van der Waals surface area (Å²) in [6.45, 7) is 17.3. The maximum absolute atomic E-state index is 11.9. The predicted octanol–water partition coefficient (Wildman–Crippen LogP) is 4.17. The van der Waals surface area contributed by atoms with Crippen LogP contribution in [0.2, 0.25) is 18.1 Å². The average molecular weight is 352 g/mol. The summed E-state index contributed by atoms with van der Waals surface area (Å²) in [5.74, 6) is 0. The van der Waals surface area contributed by atoms with Gasteiger partial charge in [-0.15, -0.1) is 0 Å². The predicted molar refractivity (Wildman–Crippen MR) is 90.6 cm³/mol. The molecular formula is C15H30ClNO4Si. The molecule has 0 spiro atoms. The van der Waals surface area contributed by atoms with Crippen LogP contribution in [-0.2, 0) is 13.9 Å². The Morgan fingerprint density at radius 1 is 1.09 bits per heavy atom. The molecule has 5 nitrogen and oxygen atoms in total. The second kappa shape index (κ2) is 6.67. The van der Waals surface area contributed by atoms with E-state index in [1.165, 1.54) is 0 Å². The maximum Gasteiger partial charge on any atom is 0.509 e. The summed E-state index contributed by atoms with van der Waals surface area (Å²) >= 11 is 6.10. The van der Waals surface area contributed by atoms with Crippen molar-refractivity contribution in [1.82, 2.24) is 4.42 Å². The number of rotatable bonds is 3. The summed E-state index contributed by atoms with van der Waals surface area (Å²) in [5, 5.41) is 0.0865. The molecule has 1 aliphatic heterocycles. The highest BCUT2D eigenvalue weighted by atomic mass is 35.5. The third-order valence-electron chi connectivity index (χ3n) is 4.06. The Balaban J connectivity index is 2.72. The van der Waals surface area contributed by atoms with Crippen LogP contribution in [0.4, 0.5) is 4.79 Å². The molecule has 0 unspecified atom stereocenters. The molecule has 0 aromatic rings. The van der Waals surface area contributed by atoms with Gasteiger partial charge in [0.2, 0.25) is 0 Å². The molecule has 2 atom stereocenters. The Morgan fingerprint density at radius 3 is 2.05 bits per heavy atom. The lowest BCUT2D eigenvalue weighted by atomic mass is 10.2. The van der Waals surface area contributed by atoms with Gasteiger partial charge in [0.1, 0.15) is 11.7 Å². The third kappa shape index (κ3) is 5.72. The number of halogens is 1. The molecule has 0 radical (unpaired) electrons. The average Bonchev–Trinajstić information content (AvgIpc) is 2.52. The van der Waals surface area contributed by atoms with Gasteiger partial charge in [-0.25, -0.2) is 9.21 Å². The van der Waals surface area contributed by atoms with Gasteiger partial charge in [0.05, 0.1) is 12.6 Å². The van der Waals surface area contributed by atoms with Crippen LogP contribution in [0.1, 0.15) is 41.5 Å². The third-order valence-corrected chi connectivity index (χ3v) is 8.84. The molecule has 7 heteroatoms. The smallest absolute Gasteiger partial charge is 0.429 e. The van der Waals surface area contributed by atoms with Crippen molar-refractivity contribution in [2.45, 2.75) is 77.5 Å². The minimum atomic E-state index is -1.96. The van der Waals surface area contributed by atoms with E-state index in [-0.39, 0.29) is 11.1 Å². The monoisotopic (exact) mass is 351 g/mol. The molecule has 0 aromatic heterocycles. The highest BCUT2D eigenvalue weighted by Crippen LogP contribution is 2.38. The molecule has 0 aromatic carbocycles. The number of nitrogens with zero attached hydrogens (tertiary/aromatic N) is 1. The van der Waals surface area contributed by atoms with Crippen LogP contribution in [0.3, 0.4) is 0 Å². The van der Waals surface area contributed by atoms with E-state index in [1.807, 2.05) is 0 Å². The highest BCUT2D eigenvalue weighted by Gasteiger charge is 2.45. The second-order valence-corrected chi connectivity index (χ2v) is 13.6. The Morgan fingerprint density at radius 2 is 1.59 bits per heavy atom. The van der Waals surface area contributed by atoms with Crippen LogP contribution in [0.5, 0.6) is 0 Å². The molecule has 22 heavy (non-hydrogen) atoms. The summed E-state index contributed by atoms with van der Waals surface area (Å²) in [7, 11) is -1.96. The van der Waals surface area contributed by atoms with Gasteiger partial charge >= 0.3 is 6.16 Å². The largest absolute Gasteiger partial charge is 0.509 e. The first-order chi connectivity index (χ1) is 9.71. The van der Waals surface area contributed by atoms with Crippen LogP contribution < -0.4 is 0 Å². The van der Waals surface area contributed by atoms with Crippen molar-refractivity contribution in [3.63, 3.8) is 0 Å². The maximum atomic E-state index is 11.9. The number of hydrogen-bond acceptors (Lipinski definition) is 5. The molecule has 0 N–H and O–H groups in total. The Hall–Kier alpha value is -0.303. The van der Waals surface area contributed by atoms with E-state index in [0.29, 0.717) is 13.1 Å². The van der Waals surface area contributed by atoms with Crippen LogP contribution in [0, 0.1) is 0 Å². The minimum Gasteiger partial charge on any atom is -0.429 e. The Labute approximate surface area is 140 Å². The standard InChI is InChI=1S/C15H30ClNO4Si/c1-14(2,3)20-13(18)19-11-9-17(16)10-12(11)21-22(7,8)15(4,5)6/h11-12H,9-10H2,1-8H3/t11-,12-/m1/s1. The van der Waals surface area contributed by atoms with E-state index >= 15 is 0 Å². The van der Waals surface area contributed by atoms with Crippen LogP contribution in [0.15, 0.2) is 0 Å². The normalized spacial score (nSPS) is 24.4. The molecular weight excluding hydrogens is 322 g/mol. The first kappa shape index (κ1) is 19.7. The molecule has 0 aliphatic carbocycles. The lowest BCUT2D eigenvalue weighted by Crippen LogP contribution is -2.47. The zero-order valence-corrected chi connectivity index (χ0v) is 16.8. The summed E-state index contributed by atoms with van der Waals surface area (Å²) in [6, 6.07) is 0. The molecule has 1 aliphatic rings. The van der Waals surface area contributed by atoms with E-state index in [9.17, 15) is 4.79 Å². The SMILES string of the molecule is CC(C)(C)OC(=O)O[C@@H]1CN(Cl)C[C@H]1O[Si](C)(C)C(C)(C)C. The number of carbonyl (C=O) groups excluding carboxylic acids is 1. The van der Waals surface area contributed by atoms with Crippen molar-refractivity contribution in [2.24, 2.45) is 0 Å². The first-order valence-electron chi connectivity index (χ1n) is 7.69. The molecule has 1 saturated heterocycles. The van der Waals surface area contributed by atoms with E-state index in [1.54, 1.807) is 25.2 Å². The van der Waals surface area contributed by atoms with Gasteiger partial charge in [-0.3, -0.25) is 0 Å². The van der Waals surface area contributed by atoms with Crippen LogP contribution in [-0.4, -0.2) is 49.8 Å². The molecule has 1 heterocycles. The molecule has 130 valence electrons. The zero-order valence-electron chi connectivity index (χ0n) is 15.0. The summed E-state index contributed by atoms with van der Waals surface area (Å²) in [6.07, 6.45) is -1.29. The van der Waals surface area contributed by atoms with Crippen molar-refractivity contribution < 1.29 is 18.7 Å². The van der Waals surface area contributed by atoms with Crippen molar-refractivity contribution in [1.29, 1.82) is 0 Å². The lowest BCUT2D eigenvalue weighted by molar-refractivity contribution is -0.0430. The molecule has 0 saturated carbocycles. The molecule has 1 fully saturated rings.